The first-order valence-corrected chi connectivity index (χ1v) is 4.58. The largest absolute Gasteiger partial charge is 0.0851 e. The van der Waals surface area contributed by atoms with Gasteiger partial charge in [-0.05, 0) is 37.0 Å². The zero-order valence-electron chi connectivity index (χ0n) is 6.72. The van der Waals surface area contributed by atoms with E-state index in [1.165, 1.54) is 25.7 Å². The van der Waals surface area contributed by atoms with Crippen molar-refractivity contribution in [1.82, 2.24) is 0 Å². The smallest absolute Gasteiger partial charge is 0.0205 e. The number of rotatable bonds is 1. The molecule has 0 nitrogen and oxygen atoms in total. The molecule has 3 rings (SSSR count). The van der Waals surface area contributed by atoms with Gasteiger partial charge in [-0.3, -0.25) is 0 Å². The van der Waals surface area contributed by atoms with Gasteiger partial charge in [0.25, 0.3) is 0 Å². The van der Waals surface area contributed by atoms with Gasteiger partial charge in [0.05, 0.1) is 0 Å². The molecule has 2 bridgehead atoms. The molecule has 0 saturated heterocycles. The third-order valence-corrected chi connectivity index (χ3v) is 3.24. The Morgan fingerprint density at radius 1 is 1.30 bits per heavy atom. The highest BCUT2D eigenvalue weighted by Gasteiger charge is 2.29. The molecule has 0 heteroatoms. The Labute approximate surface area is 63.3 Å². The molecule has 0 aliphatic heterocycles. The lowest BCUT2D eigenvalue weighted by atomic mass is 9.68. The van der Waals surface area contributed by atoms with E-state index >= 15 is 0 Å². The van der Waals surface area contributed by atoms with Gasteiger partial charge in [-0.15, -0.1) is 0 Å². The van der Waals surface area contributed by atoms with Crippen molar-refractivity contribution < 1.29 is 0 Å². The number of hydrogen-bond acceptors (Lipinski definition) is 0. The molecule has 1 saturated carbocycles. The summed E-state index contributed by atoms with van der Waals surface area (Å²) in [4.78, 5) is 0. The number of allylic oxidation sites excluding steroid dienone is 2. The zero-order valence-corrected chi connectivity index (χ0v) is 6.72. The monoisotopic (exact) mass is 136 g/mol. The van der Waals surface area contributed by atoms with Crippen LogP contribution in [0.15, 0.2) is 12.2 Å². The lowest BCUT2D eigenvalue weighted by Gasteiger charge is -2.37. The molecule has 1 fully saturated rings. The minimum atomic E-state index is 0.954. The molecule has 0 amide bonds. The van der Waals surface area contributed by atoms with Crippen LogP contribution in [0.5, 0.6) is 0 Å². The molecule has 0 aromatic heterocycles. The van der Waals surface area contributed by atoms with Crippen LogP contribution in [0, 0.1) is 17.8 Å². The summed E-state index contributed by atoms with van der Waals surface area (Å²) in [6.45, 7) is 2.33. The van der Waals surface area contributed by atoms with E-state index in [9.17, 15) is 0 Å². The van der Waals surface area contributed by atoms with Gasteiger partial charge in [-0.2, -0.15) is 0 Å². The Kier molecular flexibility index (Phi) is 1.55. The number of fused-ring (bicyclic) bond motifs is 2. The third-order valence-electron chi connectivity index (χ3n) is 3.24. The highest BCUT2D eigenvalue weighted by atomic mass is 14.3. The molecule has 3 aliphatic rings. The van der Waals surface area contributed by atoms with Crippen LogP contribution in [0.3, 0.4) is 0 Å². The van der Waals surface area contributed by atoms with E-state index in [4.69, 9.17) is 0 Å². The number of hydrogen-bond donors (Lipinski definition) is 0. The second-order valence-corrected chi connectivity index (χ2v) is 3.79. The van der Waals surface area contributed by atoms with Gasteiger partial charge in [0.2, 0.25) is 0 Å². The molecule has 0 heterocycles. The topological polar surface area (TPSA) is 0 Å². The van der Waals surface area contributed by atoms with Crippen molar-refractivity contribution in [2.45, 2.75) is 32.6 Å². The minimum absolute atomic E-state index is 0.954. The lowest BCUT2D eigenvalue weighted by Crippen LogP contribution is -2.26. The van der Waals surface area contributed by atoms with Crippen molar-refractivity contribution in [2.75, 3.05) is 0 Å². The van der Waals surface area contributed by atoms with Crippen LogP contribution in [0.4, 0.5) is 0 Å². The molecule has 3 atom stereocenters. The molecule has 56 valence electrons. The fourth-order valence-corrected chi connectivity index (χ4v) is 2.52. The van der Waals surface area contributed by atoms with Crippen molar-refractivity contribution in [2.24, 2.45) is 17.8 Å². The lowest BCUT2D eigenvalue weighted by molar-refractivity contribution is 0.215. The molecule has 0 spiro atoms. The molecular formula is C10H16. The maximum Gasteiger partial charge on any atom is -0.0205 e. The Morgan fingerprint density at radius 3 is 2.50 bits per heavy atom. The van der Waals surface area contributed by atoms with Gasteiger partial charge in [0.15, 0.2) is 0 Å². The fraction of sp³-hybridized carbons (Fsp3) is 0.800. The molecule has 3 aliphatic carbocycles. The zero-order chi connectivity index (χ0) is 6.97. The van der Waals surface area contributed by atoms with Gasteiger partial charge in [0, 0.05) is 0 Å². The van der Waals surface area contributed by atoms with E-state index in [1.54, 1.807) is 0 Å². The summed E-state index contributed by atoms with van der Waals surface area (Å²) in [7, 11) is 0. The standard InChI is InChI=1S/C10H16/c1-2-9-7-8-3-5-10(9)6-4-8/h3,5,8-10H,2,4,6-7H2,1H3. The predicted octanol–water partition coefficient (Wildman–Crippen LogP) is 3.00. The normalized spacial score (nSPS) is 44.3. The minimum Gasteiger partial charge on any atom is -0.0851 e. The fourth-order valence-electron chi connectivity index (χ4n) is 2.52. The van der Waals surface area contributed by atoms with Crippen molar-refractivity contribution in [3.63, 3.8) is 0 Å². The molecular weight excluding hydrogens is 120 g/mol. The van der Waals surface area contributed by atoms with Crippen LogP contribution in [0.1, 0.15) is 32.6 Å². The van der Waals surface area contributed by atoms with Crippen LogP contribution < -0.4 is 0 Å². The summed E-state index contributed by atoms with van der Waals surface area (Å²) < 4.78 is 0. The Hall–Kier alpha value is -0.260. The van der Waals surface area contributed by atoms with E-state index in [0.717, 1.165) is 17.8 Å². The molecule has 10 heavy (non-hydrogen) atoms. The highest BCUT2D eigenvalue weighted by Crippen LogP contribution is 2.41. The molecule has 0 N–H and O–H groups in total. The van der Waals surface area contributed by atoms with E-state index in [-0.39, 0.29) is 0 Å². The maximum absolute atomic E-state index is 2.46. The average Bonchev–Trinajstić information content (AvgIpc) is 2.06. The van der Waals surface area contributed by atoms with E-state index < -0.39 is 0 Å². The van der Waals surface area contributed by atoms with Crippen LogP contribution in [-0.2, 0) is 0 Å². The second-order valence-electron chi connectivity index (χ2n) is 3.79. The average molecular weight is 136 g/mol. The first-order valence-electron chi connectivity index (χ1n) is 4.58. The van der Waals surface area contributed by atoms with Gasteiger partial charge in [-0.25, -0.2) is 0 Å². The summed E-state index contributed by atoms with van der Waals surface area (Å²) in [5.74, 6) is 2.94. The van der Waals surface area contributed by atoms with Crippen LogP contribution in [-0.4, -0.2) is 0 Å². The summed E-state index contributed by atoms with van der Waals surface area (Å²) >= 11 is 0. The maximum atomic E-state index is 2.46. The first-order chi connectivity index (χ1) is 4.90. The summed E-state index contributed by atoms with van der Waals surface area (Å²) in [6, 6.07) is 0. The van der Waals surface area contributed by atoms with Gasteiger partial charge < -0.3 is 0 Å². The first kappa shape index (κ1) is 6.45. The molecule has 3 unspecified atom stereocenters. The quantitative estimate of drug-likeness (QED) is 0.486. The molecule has 0 aromatic rings. The molecule has 0 radical (unpaired) electrons. The van der Waals surface area contributed by atoms with Gasteiger partial charge in [0.1, 0.15) is 0 Å². The van der Waals surface area contributed by atoms with E-state index in [0.29, 0.717) is 0 Å². The summed E-state index contributed by atoms with van der Waals surface area (Å²) in [5, 5.41) is 0. The van der Waals surface area contributed by atoms with Gasteiger partial charge >= 0.3 is 0 Å². The van der Waals surface area contributed by atoms with Crippen molar-refractivity contribution in [1.29, 1.82) is 0 Å². The second kappa shape index (κ2) is 2.41. The molecule has 0 aromatic carbocycles. The Bertz CT molecular complexity index is 146. The van der Waals surface area contributed by atoms with E-state index in [2.05, 4.69) is 19.1 Å². The summed E-state index contributed by atoms with van der Waals surface area (Å²) in [6.07, 6.45) is 10.7. The van der Waals surface area contributed by atoms with Crippen LogP contribution in [0.2, 0.25) is 0 Å². The predicted molar refractivity (Wildman–Crippen MR) is 43.8 cm³/mol. The Morgan fingerprint density at radius 2 is 2.20 bits per heavy atom. The van der Waals surface area contributed by atoms with Crippen molar-refractivity contribution >= 4 is 0 Å². The van der Waals surface area contributed by atoms with E-state index in [1.807, 2.05) is 0 Å². The third kappa shape index (κ3) is 0.902. The van der Waals surface area contributed by atoms with Crippen molar-refractivity contribution in [3.8, 4) is 0 Å². The van der Waals surface area contributed by atoms with Crippen molar-refractivity contribution in [3.05, 3.63) is 12.2 Å². The Balaban J connectivity index is 2.11. The highest BCUT2D eigenvalue weighted by molar-refractivity contribution is 5.05. The van der Waals surface area contributed by atoms with Crippen LogP contribution >= 0.6 is 0 Å². The SMILES string of the molecule is CCC1CC2C=CC1CC2. The summed E-state index contributed by atoms with van der Waals surface area (Å²) in [5.41, 5.74) is 0. The van der Waals surface area contributed by atoms with Gasteiger partial charge in [-0.1, -0.05) is 25.5 Å². The van der Waals surface area contributed by atoms with Crippen LogP contribution in [0.25, 0.3) is 0 Å².